The second-order valence-corrected chi connectivity index (χ2v) is 2.93. The Morgan fingerprint density at radius 2 is 2.00 bits per heavy atom. The fraction of sp³-hybridized carbons (Fsp3) is 0.300. The summed E-state index contributed by atoms with van der Waals surface area (Å²) < 4.78 is 5.05. The Labute approximate surface area is 82.3 Å². The van der Waals surface area contributed by atoms with Gasteiger partial charge in [0.15, 0.2) is 0 Å². The highest BCUT2D eigenvalue weighted by Gasteiger charge is 2.25. The van der Waals surface area contributed by atoms with E-state index in [0.29, 0.717) is 0 Å². The lowest BCUT2D eigenvalue weighted by atomic mass is 10.0. The molecule has 0 aliphatic heterocycles. The fourth-order valence-electron chi connectivity index (χ4n) is 1.26. The minimum atomic E-state index is -1.07. The van der Waals surface area contributed by atoms with Crippen molar-refractivity contribution in [3.05, 3.63) is 35.9 Å². The number of carboxylic acids is 1. The van der Waals surface area contributed by atoms with Gasteiger partial charge in [0.2, 0.25) is 0 Å². The second-order valence-electron chi connectivity index (χ2n) is 2.93. The van der Waals surface area contributed by atoms with Crippen molar-refractivity contribution < 1.29 is 14.6 Å². The molecule has 0 saturated carbocycles. The number of aliphatic carboxylic acids is 1. The normalized spacial score (nSPS) is 14.7. The molecule has 76 valence electrons. The monoisotopic (exact) mass is 195 g/mol. The van der Waals surface area contributed by atoms with E-state index in [1.807, 2.05) is 18.2 Å². The van der Waals surface area contributed by atoms with Crippen LogP contribution in [-0.2, 0) is 9.53 Å². The van der Waals surface area contributed by atoms with Gasteiger partial charge in [0.05, 0.1) is 0 Å². The van der Waals surface area contributed by atoms with Crippen molar-refractivity contribution in [3.8, 4) is 0 Å². The lowest BCUT2D eigenvalue weighted by Gasteiger charge is -2.19. The quantitative estimate of drug-likeness (QED) is 0.744. The summed E-state index contributed by atoms with van der Waals surface area (Å²) in [5.41, 5.74) is 6.25. The number of hydrogen-bond donors (Lipinski definition) is 2. The Balaban J connectivity index is 2.87. The number of carboxylic acid groups (broad SMARTS) is 1. The van der Waals surface area contributed by atoms with Gasteiger partial charge in [0.25, 0.3) is 0 Å². The molecule has 3 N–H and O–H groups in total. The van der Waals surface area contributed by atoms with Gasteiger partial charge >= 0.3 is 5.97 Å². The first kappa shape index (κ1) is 10.7. The maximum atomic E-state index is 10.7. The van der Waals surface area contributed by atoms with Crippen LogP contribution in [0.5, 0.6) is 0 Å². The van der Waals surface area contributed by atoms with Gasteiger partial charge in [0.1, 0.15) is 12.1 Å². The van der Waals surface area contributed by atoms with Crippen molar-refractivity contribution in [2.45, 2.75) is 12.1 Å². The van der Waals surface area contributed by atoms with E-state index in [1.165, 1.54) is 7.11 Å². The predicted octanol–water partition coefficient (Wildman–Crippen LogP) is 0.786. The van der Waals surface area contributed by atoms with Crippen LogP contribution in [0.2, 0.25) is 0 Å². The van der Waals surface area contributed by atoms with Crippen LogP contribution in [0.15, 0.2) is 30.3 Å². The minimum absolute atomic E-state index is 0.603. The van der Waals surface area contributed by atoms with E-state index in [-0.39, 0.29) is 0 Å². The topological polar surface area (TPSA) is 72.5 Å². The van der Waals surface area contributed by atoms with Crippen molar-refractivity contribution in [3.63, 3.8) is 0 Å². The Morgan fingerprint density at radius 1 is 1.43 bits per heavy atom. The zero-order valence-electron chi connectivity index (χ0n) is 7.88. The molecule has 0 spiro atoms. The van der Waals surface area contributed by atoms with Crippen molar-refractivity contribution in [2.75, 3.05) is 7.11 Å². The molecular formula is C10H13NO3. The zero-order chi connectivity index (χ0) is 10.6. The van der Waals surface area contributed by atoms with Gasteiger partial charge in [-0.2, -0.15) is 0 Å². The van der Waals surface area contributed by atoms with Crippen LogP contribution in [-0.4, -0.2) is 24.2 Å². The number of carbonyl (C=O) groups is 1. The molecule has 0 aromatic heterocycles. The molecule has 1 aromatic carbocycles. The molecule has 0 unspecified atom stereocenters. The molecule has 0 aliphatic carbocycles. The summed E-state index contributed by atoms with van der Waals surface area (Å²) in [6.07, 6.45) is -0.603. The van der Waals surface area contributed by atoms with Crippen LogP contribution in [0.1, 0.15) is 11.7 Å². The first-order chi connectivity index (χ1) is 6.66. The summed E-state index contributed by atoms with van der Waals surface area (Å²) in [5, 5.41) is 8.74. The highest BCUT2D eigenvalue weighted by molar-refractivity contribution is 5.74. The highest BCUT2D eigenvalue weighted by atomic mass is 16.5. The minimum Gasteiger partial charge on any atom is -0.480 e. The van der Waals surface area contributed by atoms with E-state index in [0.717, 1.165) is 5.56 Å². The molecule has 4 heteroatoms. The van der Waals surface area contributed by atoms with Gasteiger partial charge in [-0.1, -0.05) is 30.3 Å². The van der Waals surface area contributed by atoms with Crippen LogP contribution in [0, 0.1) is 0 Å². The van der Waals surface area contributed by atoms with Gasteiger partial charge in [-0.15, -0.1) is 0 Å². The molecule has 0 saturated heterocycles. The van der Waals surface area contributed by atoms with Crippen LogP contribution >= 0.6 is 0 Å². The Morgan fingerprint density at radius 3 is 2.43 bits per heavy atom. The first-order valence-electron chi connectivity index (χ1n) is 4.23. The summed E-state index contributed by atoms with van der Waals surface area (Å²) in [4.78, 5) is 10.7. The Hall–Kier alpha value is -1.39. The molecule has 0 fully saturated rings. The maximum Gasteiger partial charge on any atom is 0.323 e. The van der Waals surface area contributed by atoms with E-state index in [4.69, 9.17) is 15.6 Å². The third-order valence-corrected chi connectivity index (χ3v) is 1.99. The second kappa shape index (κ2) is 4.74. The smallest absolute Gasteiger partial charge is 0.323 e. The van der Waals surface area contributed by atoms with Gasteiger partial charge in [-0.3, -0.25) is 4.79 Å². The molecule has 1 rings (SSSR count). The lowest BCUT2D eigenvalue weighted by molar-refractivity contribution is -0.142. The fourth-order valence-corrected chi connectivity index (χ4v) is 1.26. The summed E-state index contributed by atoms with van der Waals surface area (Å²) in [7, 11) is 1.44. The molecule has 0 amide bonds. The van der Waals surface area contributed by atoms with Gasteiger partial charge in [-0.25, -0.2) is 0 Å². The average molecular weight is 195 g/mol. The van der Waals surface area contributed by atoms with Crippen molar-refractivity contribution >= 4 is 5.97 Å². The maximum absolute atomic E-state index is 10.7. The van der Waals surface area contributed by atoms with E-state index < -0.39 is 18.1 Å². The largest absolute Gasteiger partial charge is 0.480 e. The van der Waals surface area contributed by atoms with E-state index in [2.05, 4.69) is 0 Å². The third kappa shape index (κ3) is 2.31. The number of nitrogens with two attached hydrogens (primary N) is 1. The van der Waals surface area contributed by atoms with E-state index >= 15 is 0 Å². The van der Waals surface area contributed by atoms with E-state index in [1.54, 1.807) is 12.1 Å². The molecule has 0 aliphatic rings. The van der Waals surface area contributed by atoms with Crippen LogP contribution < -0.4 is 5.73 Å². The highest BCUT2D eigenvalue weighted by Crippen LogP contribution is 2.18. The number of ether oxygens (including phenoxy) is 1. The van der Waals surface area contributed by atoms with Crippen molar-refractivity contribution in [1.82, 2.24) is 0 Å². The first-order valence-corrected chi connectivity index (χ1v) is 4.23. The predicted molar refractivity (Wildman–Crippen MR) is 51.8 cm³/mol. The average Bonchev–Trinajstić information content (AvgIpc) is 2.20. The van der Waals surface area contributed by atoms with Gasteiger partial charge < -0.3 is 15.6 Å². The summed E-state index contributed by atoms with van der Waals surface area (Å²) >= 11 is 0. The summed E-state index contributed by atoms with van der Waals surface area (Å²) in [6.45, 7) is 0. The Kier molecular flexibility index (Phi) is 3.62. The summed E-state index contributed by atoms with van der Waals surface area (Å²) in [6, 6.07) is 8.02. The molecular weight excluding hydrogens is 182 g/mol. The van der Waals surface area contributed by atoms with Gasteiger partial charge in [0, 0.05) is 7.11 Å². The van der Waals surface area contributed by atoms with Crippen LogP contribution in [0.3, 0.4) is 0 Å². The number of rotatable bonds is 4. The molecule has 1 aromatic rings. The van der Waals surface area contributed by atoms with Crippen molar-refractivity contribution in [2.24, 2.45) is 5.73 Å². The molecule has 0 heterocycles. The van der Waals surface area contributed by atoms with E-state index in [9.17, 15) is 4.79 Å². The lowest BCUT2D eigenvalue weighted by Crippen LogP contribution is -2.37. The molecule has 2 atom stereocenters. The van der Waals surface area contributed by atoms with Crippen LogP contribution in [0.25, 0.3) is 0 Å². The van der Waals surface area contributed by atoms with Crippen LogP contribution in [0.4, 0.5) is 0 Å². The zero-order valence-corrected chi connectivity index (χ0v) is 7.88. The standard InChI is InChI=1S/C10H13NO3/c1-14-9(8(11)10(12)13)7-5-3-2-4-6-7/h2-6,8-9H,11H2,1H3,(H,12,13)/t8-,9+/m0/s1. The molecule has 4 nitrogen and oxygen atoms in total. The molecule has 0 radical (unpaired) electrons. The number of methoxy groups -OCH3 is 1. The Bertz CT molecular complexity index is 299. The summed E-state index contributed by atoms with van der Waals surface area (Å²) in [5.74, 6) is -1.07. The molecule has 0 bridgehead atoms. The SMILES string of the molecule is CO[C@H](c1ccccc1)[C@H](N)C(=O)O. The van der Waals surface area contributed by atoms with Crippen molar-refractivity contribution in [1.29, 1.82) is 0 Å². The number of benzene rings is 1. The third-order valence-electron chi connectivity index (χ3n) is 1.99. The number of hydrogen-bond acceptors (Lipinski definition) is 3. The molecule has 14 heavy (non-hydrogen) atoms. The van der Waals surface area contributed by atoms with Gasteiger partial charge in [-0.05, 0) is 5.56 Å².